The third-order valence-corrected chi connectivity index (χ3v) is 3.49. The topological polar surface area (TPSA) is 77.8 Å². The lowest BCUT2D eigenvalue weighted by Gasteiger charge is -2.09. The van der Waals surface area contributed by atoms with Gasteiger partial charge in [-0.3, -0.25) is 4.68 Å². The number of nitrogens with zero attached hydrogens (tertiary/aromatic N) is 5. The van der Waals surface area contributed by atoms with Gasteiger partial charge in [0.25, 0.3) is 0 Å². The van der Waals surface area contributed by atoms with Crippen LogP contribution in [0.5, 0.6) is 11.6 Å². The fourth-order valence-corrected chi connectivity index (χ4v) is 2.35. The molecule has 1 N–H and O–H groups in total. The predicted octanol–water partition coefficient (Wildman–Crippen LogP) is 3.43. The Morgan fingerprint density at radius 1 is 1.08 bits per heavy atom. The molecule has 0 radical (unpaired) electrons. The van der Waals surface area contributed by atoms with Gasteiger partial charge in [0.1, 0.15) is 23.7 Å². The molecule has 0 aliphatic rings. The number of hydrogen-bond acceptors (Lipinski definition) is 6. The zero-order valence-electron chi connectivity index (χ0n) is 13.2. The smallest absolute Gasteiger partial charge is 0.219 e. The second-order valence-electron chi connectivity index (χ2n) is 5.32. The Bertz CT molecular complexity index is 1030. The minimum absolute atomic E-state index is 0.303. The molecule has 124 valence electrons. The average molecular weight is 336 g/mol. The second-order valence-corrected chi connectivity index (χ2v) is 5.32. The third-order valence-electron chi connectivity index (χ3n) is 3.49. The van der Waals surface area contributed by atoms with Gasteiger partial charge in [0.2, 0.25) is 5.88 Å². The second kappa shape index (κ2) is 6.16. The Morgan fingerprint density at radius 2 is 2.00 bits per heavy atom. The number of hydrogen-bond donors (Lipinski definition) is 1. The number of aryl methyl sites for hydroxylation is 1. The van der Waals surface area contributed by atoms with Crippen LogP contribution in [0.15, 0.2) is 55.1 Å². The first kappa shape index (κ1) is 15.0. The van der Waals surface area contributed by atoms with Crippen LogP contribution in [-0.2, 0) is 7.05 Å². The molecule has 0 amide bonds. The summed E-state index contributed by atoms with van der Waals surface area (Å²) in [5.74, 6) is 1.72. The molecule has 0 saturated carbocycles. The van der Waals surface area contributed by atoms with Crippen LogP contribution in [0.1, 0.15) is 0 Å². The predicted molar refractivity (Wildman–Crippen MR) is 90.3 cm³/mol. The molecule has 4 rings (SSSR count). The number of aromatic nitrogens is 5. The Balaban J connectivity index is 1.68. The first-order chi connectivity index (χ1) is 12.2. The van der Waals surface area contributed by atoms with Crippen LogP contribution >= 0.6 is 0 Å². The van der Waals surface area contributed by atoms with Gasteiger partial charge >= 0.3 is 0 Å². The number of ether oxygens (including phenoxy) is 1. The van der Waals surface area contributed by atoms with Crippen molar-refractivity contribution in [2.24, 2.45) is 7.05 Å². The standard InChI is InChI=1S/C17H13FN6O/c1-24-7-6-15(23-24)22-17-13-8-12(3-4-14(13)20-10-21-17)25-16-5-2-11(18)9-19-16/h2-10H,1H3,(H,20,21,22,23). The Hall–Kier alpha value is -3.55. The van der Waals surface area contributed by atoms with Crippen LogP contribution in [0.25, 0.3) is 10.9 Å². The molecule has 7 nitrogen and oxygen atoms in total. The number of rotatable bonds is 4. The van der Waals surface area contributed by atoms with Crippen molar-refractivity contribution in [3.05, 3.63) is 60.9 Å². The highest BCUT2D eigenvalue weighted by molar-refractivity contribution is 5.91. The van der Waals surface area contributed by atoms with Crippen molar-refractivity contribution in [3.63, 3.8) is 0 Å². The molecule has 0 aliphatic heterocycles. The number of pyridine rings is 1. The molecule has 0 atom stereocenters. The molecule has 4 aromatic rings. The van der Waals surface area contributed by atoms with E-state index in [2.05, 4.69) is 25.4 Å². The van der Waals surface area contributed by atoms with Crippen molar-refractivity contribution in [2.75, 3.05) is 5.32 Å². The first-order valence-corrected chi connectivity index (χ1v) is 7.48. The van der Waals surface area contributed by atoms with E-state index in [-0.39, 0.29) is 0 Å². The molecule has 0 spiro atoms. The number of fused-ring (bicyclic) bond motifs is 1. The van der Waals surface area contributed by atoms with E-state index in [0.29, 0.717) is 23.3 Å². The van der Waals surface area contributed by atoms with E-state index in [1.807, 2.05) is 25.4 Å². The van der Waals surface area contributed by atoms with E-state index in [9.17, 15) is 4.39 Å². The number of halogens is 1. The van der Waals surface area contributed by atoms with E-state index >= 15 is 0 Å². The van der Waals surface area contributed by atoms with Crippen LogP contribution in [-0.4, -0.2) is 24.7 Å². The fraction of sp³-hybridized carbons (Fsp3) is 0.0588. The molecular weight excluding hydrogens is 323 g/mol. The number of anilines is 2. The highest BCUT2D eigenvalue weighted by Gasteiger charge is 2.08. The Labute approximate surface area is 142 Å². The maximum Gasteiger partial charge on any atom is 0.219 e. The van der Waals surface area contributed by atoms with Crippen molar-refractivity contribution in [1.82, 2.24) is 24.7 Å². The van der Waals surface area contributed by atoms with Gasteiger partial charge in [-0.2, -0.15) is 5.10 Å². The maximum atomic E-state index is 12.9. The van der Waals surface area contributed by atoms with Crippen LogP contribution < -0.4 is 10.1 Å². The zero-order valence-corrected chi connectivity index (χ0v) is 13.2. The summed E-state index contributed by atoms with van der Waals surface area (Å²) < 4.78 is 20.3. The fourth-order valence-electron chi connectivity index (χ4n) is 2.35. The van der Waals surface area contributed by atoms with Crippen molar-refractivity contribution in [1.29, 1.82) is 0 Å². The summed E-state index contributed by atoms with van der Waals surface area (Å²) in [6, 6.07) is 9.99. The SMILES string of the molecule is Cn1ccc(Nc2ncnc3ccc(Oc4ccc(F)cn4)cc23)n1. The molecule has 1 aromatic carbocycles. The summed E-state index contributed by atoms with van der Waals surface area (Å²) in [5.41, 5.74) is 0.757. The van der Waals surface area contributed by atoms with Gasteiger partial charge in [0.15, 0.2) is 5.82 Å². The molecule has 0 bridgehead atoms. The molecule has 8 heteroatoms. The summed E-state index contributed by atoms with van der Waals surface area (Å²) in [6.45, 7) is 0. The van der Waals surface area contributed by atoms with Crippen LogP contribution in [0.2, 0.25) is 0 Å². The quantitative estimate of drug-likeness (QED) is 0.615. The van der Waals surface area contributed by atoms with Crippen LogP contribution in [0.3, 0.4) is 0 Å². The maximum absolute atomic E-state index is 12.9. The van der Waals surface area contributed by atoms with Gasteiger partial charge < -0.3 is 10.1 Å². The van der Waals surface area contributed by atoms with Crippen molar-refractivity contribution in [2.45, 2.75) is 0 Å². The largest absolute Gasteiger partial charge is 0.439 e. The first-order valence-electron chi connectivity index (χ1n) is 7.48. The monoisotopic (exact) mass is 336 g/mol. The molecule has 0 fully saturated rings. The number of nitrogens with one attached hydrogen (secondary N) is 1. The zero-order chi connectivity index (χ0) is 17.2. The average Bonchev–Trinajstić information content (AvgIpc) is 3.02. The van der Waals surface area contributed by atoms with Crippen molar-refractivity contribution < 1.29 is 9.13 Å². The van der Waals surface area contributed by atoms with E-state index < -0.39 is 5.82 Å². The summed E-state index contributed by atoms with van der Waals surface area (Å²) >= 11 is 0. The summed E-state index contributed by atoms with van der Waals surface area (Å²) in [4.78, 5) is 12.4. The van der Waals surface area contributed by atoms with Gasteiger partial charge in [-0.1, -0.05) is 0 Å². The van der Waals surface area contributed by atoms with E-state index in [4.69, 9.17) is 4.74 Å². The molecule has 0 saturated heterocycles. The van der Waals surface area contributed by atoms with Crippen molar-refractivity contribution in [3.8, 4) is 11.6 Å². The third kappa shape index (κ3) is 3.23. The van der Waals surface area contributed by atoms with E-state index in [1.165, 1.54) is 18.5 Å². The summed E-state index contributed by atoms with van der Waals surface area (Å²) in [7, 11) is 1.84. The van der Waals surface area contributed by atoms with Crippen LogP contribution in [0.4, 0.5) is 16.0 Å². The molecule has 3 heterocycles. The molecule has 0 unspecified atom stereocenters. The van der Waals surface area contributed by atoms with E-state index in [1.54, 1.807) is 16.8 Å². The molecular formula is C17H13FN6O. The lowest BCUT2D eigenvalue weighted by Crippen LogP contribution is -1.98. The van der Waals surface area contributed by atoms with Gasteiger partial charge in [0, 0.05) is 30.8 Å². The van der Waals surface area contributed by atoms with Gasteiger partial charge in [-0.05, 0) is 24.3 Å². The minimum atomic E-state index is -0.416. The van der Waals surface area contributed by atoms with Crippen molar-refractivity contribution >= 4 is 22.5 Å². The highest BCUT2D eigenvalue weighted by atomic mass is 19.1. The van der Waals surface area contributed by atoms with Gasteiger partial charge in [-0.25, -0.2) is 19.3 Å². The minimum Gasteiger partial charge on any atom is -0.439 e. The van der Waals surface area contributed by atoms with E-state index in [0.717, 1.165) is 17.1 Å². The lowest BCUT2D eigenvalue weighted by atomic mass is 10.2. The molecule has 25 heavy (non-hydrogen) atoms. The summed E-state index contributed by atoms with van der Waals surface area (Å²) in [6.07, 6.45) is 4.42. The highest BCUT2D eigenvalue weighted by Crippen LogP contribution is 2.28. The normalized spacial score (nSPS) is 10.8. The molecule has 0 aliphatic carbocycles. The Kier molecular flexibility index (Phi) is 3.70. The van der Waals surface area contributed by atoms with Crippen LogP contribution in [0, 0.1) is 5.82 Å². The Morgan fingerprint density at radius 3 is 2.76 bits per heavy atom. The van der Waals surface area contributed by atoms with Gasteiger partial charge in [-0.15, -0.1) is 0 Å². The van der Waals surface area contributed by atoms with Gasteiger partial charge in [0.05, 0.1) is 11.7 Å². The lowest BCUT2D eigenvalue weighted by molar-refractivity contribution is 0.460. The summed E-state index contributed by atoms with van der Waals surface area (Å²) in [5, 5.41) is 8.21. The number of benzene rings is 1. The molecule has 3 aromatic heterocycles.